The average molecular weight is 272 g/mol. The van der Waals surface area contributed by atoms with E-state index in [1.54, 1.807) is 0 Å². The Morgan fingerprint density at radius 2 is 2.21 bits per heavy atom. The van der Waals surface area contributed by atoms with Gasteiger partial charge in [0, 0.05) is 13.1 Å². The van der Waals surface area contributed by atoms with Gasteiger partial charge in [0.05, 0.1) is 19.3 Å². The number of amides is 1. The summed E-state index contributed by atoms with van der Waals surface area (Å²) in [6.45, 7) is 11.4. The van der Waals surface area contributed by atoms with Crippen LogP contribution in [0.15, 0.2) is 0 Å². The van der Waals surface area contributed by atoms with Crippen LogP contribution < -0.4 is 5.32 Å². The van der Waals surface area contributed by atoms with Gasteiger partial charge < -0.3 is 15.2 Å². The van der Waals surface area contributed by atoms with Crippen LogP contribution in [-0.4, -0.2) is 60.9 Å². The van der Waals surface area contributed by atoms with Crippen LogP contribution in [0, 0.1) is 5.41 Å². The number of aliphatic hydroxyl groups is 1. The van der Waals surface area contributed by atoms with Crippen molar-refractivity contribution in [3.05, 3.63) is 0 Å². The van der Waals surface area contributed by atoms with Gasteiger partial charge in [-0.1, -0.05) is 27.7 Å². The molecule has 1 rings (SSSR count). The third-order valence-electron chi connectivity index (χ3n) is 3.32. The second-order valence-electron chi connectivity index (χ2n) is 6.41. The van der Waals surface area contributed by atoms with Crippen molar-refractivity contribution in [1.29, 1.82) is 0 Å². The molecule has 0 aromatic heterocycles. The summed E-state index contributed by atoms with van der Waals surface area (Å²) < 4.78 is 5.51. The van der Waals surface area contributed by atoms with E-state index < -0.39 is 6.10 Å². The molecule has 1 fully saturated rings. The van der Waals surface area contributed by atoms with Gasteiger partial charge in [0.1, 0.15) is 6.10 Å². The van der Waals surface area contributed by atoms with Crippen molar-refractivity contribution in [3.63, 3.8) is 0 Å². The van der Waals surface area contributed by atoms with Gasteiger partial charge in [-0.15, -0.1) is 0 Å². The molecule has 112 valence electrons. The van der Waals surface area contributed by atoms with E-state index in [0.717, 1.165) is 19.5 Å². The fourth-order valence-corrected chi connectivity index (χ4v) is 2.34. The van der Waals surface area contributed by atoms with Gasteiger partial charge in [0.25, 0.3) is 5.91 Å². The minimum atomic E-state index is -0.414. The Bertz CT molecular complexity index is 289. The zero-order chi connectivity index (χ0) is 14.5. The van der Waals surface area contributed by atoms with E-state index in [2.05, 4.69) is 37.9 Å². The summed E-state index contributed by atoms with van der Waals surface area (Å²) in [7, 11) is 0. The number of aliphatic hydroxyl groups excluding tert-OH is 1. The van der Waals surface area contributed by atoms with Crippen molar-refractivity contribution in [3.8, 4) is 0 Å². The standard InChI is InChI=1S/C14H28N2O3/c1-5-16-6-7-19-12(9-16)13(18)15-11(10-17)8-14(2,3)4/h11-12,17H,5-10H2,1-4H3,(H,15,18). The lowest BCUT2D eigenvalue weighted by molar-refractivity contribution is -0.139. The highest BCUT2D eigenvalue weighted by Gasteiger charge is 2.28. The van der Waals surface area contributed by atoms with E-state index >= 15 is 0 Å². The van der Waals surface area contributed by atoms with Crippen LogP contribution in [0.5, 0.6) is 0 Å². The number of carbonyl (C=O) groups excluding carboxylic acids is 1. The molecule has 2 unspecified atom stereocenters. The van der Waals surface area contributed by atoms with Gasteiger partial charge in [-0.3, -0.25) is 9.69 Å². The quantitative estimate of drug-likeness (QED) is 0.770. The first-order chi connectivity index (χ1) is 8.85. The normalized spacial score (nSPS) is 23.1. The maximum Gasteiger partial charge on any atom is 0.250 e. The molecular weight excluding hydrogens is 244 g/mol. The van der Waals surface area contributed by atoms with Gasteiger partial charge in [-0.25, -0.2) is 0 Å². The first-order valence-corrected chi connectivity index (χ1v) is 7.11. The molecule has 1 saturated heterocycles. The zero-order valence-corrected chi connectivity index (χ0v) is 12.6. The second-order valence-corrected chi connectivity index (χ2v) is 6.41. The molecule has 0 radical (unpaired) electrons. The number of nitrogens with one attached hydrogen (secondary N) is 1. The number of rotatable bonds is 5. The predicted octanol–water partition coefficient (Wildman–Crippen LogP) is 0.620. The molecule has 5 heteroatoms. The summed E-state index contributed by atoms with van der Waals surface area (Å²) in [5.74, 6) is -0.110. The van der Waals surface area contributed by atoms with Crippen molar-refractivity contribution in [2.45, 2.75) is 46.3 Å². The smallest absolute Gasteiger partial charge is 0.250 e. The van der Waals surface area contributed by atoms with Crippen LogP contribution >= 0.6 is 0 Å². The van der Waals surface area contributed by atoms with Gasteiger partial charge in [-0.05, 0) is 18.4 Å². The maximum atomic E-state index is 12.1. The van der Waals surface area contributed by atoms with Gasteiger partial charge >= 0.3 is 0 Å². The summed E-state index contributed by atoms with van der Waals surface area (Å²) in [4.78, 5) is 14.3. The van der Waals surface area contributed by atoms with Crippen LogP contribution in [0.4, 0.5) is 0 Å². The molecule has 5 nitrogen and oxygen atoms in total. The van der Waals surface area contributed by atoms with Crippen molar-refractivity contribution in [2.75, 3.05) is 32.8 Å². The number of likely N-dealkylation sites (N-methyl/N-ethyl adjacent to an activating group) is 1. The Balaban J connectivity index is 2.48. The minimum absolute atomic E-state index is 0.0345. The molecule has 1 heterocycles. The number of hydrogen-bond acceptors (Lipinski definition) is 4. The average Bonchev–Trinajstić information content (AvgIpc) is 2.36. The van der Waals surface area contributed by atoms with Crippen LogP contribution in [0.1, 0.15) is 34.1 Å². The third kappa shape index (κ3) is 5.89. The molecule has 2 N–H and O–H groups in total. The zero-order valence-electron chi connectivity index (χ0n) is 12.6. The Labute approximate surface area is 116 Å². The van der Waals surface area contributed by atoms with E-state index in [-0.39, 0.29) is 24.0 Å². The Hall–Kier alpha value is -0.650. The molecule has 1 aliphatic heterocycles. The number of ether oxygens (including phenoxy) is 1. The summed E-state index contributed by atoms with van der Waals surface area (Å²) in [6, 6.07) is -0.201. The molecule has 0 aromatic rings. The summed E-state index contributed by atoms with van der Waals surface area (Å²) in [5.41, 5.74) is 0.0730. The van der Waals surface area contributed by atoms with Gasteiger partial charge in [0.15, 0.2) is 0 Å². The molecule has 0 bridgehead atoms. The molecule has 1 aliphatic rings. The van der Waals surface area contributed by atoms with E-state index in [4.69, 9.17) is 4.74 Å². The first kappa shape index (κ1) is 16.4. The third-order valence-corrected chi connectivity index (χ3v) is 3.32. The number of hydrogen-bond donors (Lipinski definition) is 2. The largest absolute Gasteiger partial charge is 0.394 e. The van der Waals surface area contributed by atoms with E-state index in [1.165, 1.54) is 0 Å². The SMILES string of the molecule is CCN1CCOC(C(=O)NC(CO)CC(C)(C)C)C1. The van der Waals surface area contributed by atoms with Crippen LogP contribution in [0.2, 0.25) is 0 Å². The highest BCUT2D eigenvalue weighted by Crippen LogP contribution is 2.20. The van der Waals surface area contributed by atoms with Crippen molar-refractivity contribution >= 4 is 5.91 Å². The molecule has 19 heavy (non-hydrogen) atoms. The molecule has 0 aromatic carbocycles. The van der Waals surface area contributed by atoms with E-state index in [1.807, 2.05) is 0 Å². The Morgan fingerprint density at radius 1 is 1.53 bits per heavy atom. The molecule has 1 amide bonds. The Kier molecular flexibility index (Phi) is 6.23. The lowest BCUT2D eigenvalue weighted by Crippen LogP contribution is -2.52. The fourth-order valence-electron chi connectivity index (χ4n) is 2.34. The summed E-state index contributed by atoms with van der Waals surface area (Å²) in [5, 5.41) is 12.3. The van der Waals surface area contributed by atoms with Crippen LogP contribution in [0.3, 0.4) is 0 Å². The Morgan fingerprint density at radius 3 is 2.74 bits per heavy atom. The second kappa shape index (κ2) is 7.22. The van der Waals surface area contributed by atoms with Crippen LogP contribution in [0.25, 0.3) is 0 Å². The number of nitrogens with zero attached hydrogens (tertiary/aromatic N) is 1. The predicted molar refractivity (Wildman–Crippen MR) is 74.9 cm³/mol. The first-order valence-electron chi connectivity index (χ1n) is 7.11. The highest BCUT2D eigenvalue weighted by molar-refractivity contribution is 5.81. The van der Waals surface area contributed by atoms with Crippen molar-refractivity contribution in [1.82, 2.24) is 10.2 Å². The molecular formula is C14H28N2O3. The molecule has 2 atom stereocenters. The van der Waals surface area contributed by atoms with Gasteiger partial charge in [0.2, 0.25) is 0 Å². The highest BCUT2D eigenvalue weighted by atomic mass is 16.5. The van der Waals surface area contributed by atoms with E-state index in [0.29, 0.717) is 13.2 Å². The maximum absolute atomic E-state index is 12.1. The topological polar surface area (TPSA) is 61.8 Å². The summed E-state index contributed by atoms with van der Waals surface area (Å²) >= 11 is 0. The number of carbonyl (C=O) groups is 1. The number of morpholine rings is 1. The monoisotopic (exact) mass is 272 g/mol. The summed E-state index contributed by atoms with van der Waals surface area (Å²) in [6.07, 6.45) is 0.335. The van der Waals surface area contributed by atoms with Crippen LogP contribution in [-0.2, 0) is 9.53 Å². The molecule has 0 spiro atoms. The lowest BCUT2D eigenvalue weighted by atomic mass is 9.88. The van der Waals surface area contributed by atoms with Gasteiger partial charge in [-0.2, -0.15) is 0 Å². The fraction of sp³-hybridized carbons (Fsp3) is 0.929. The van der Waals surface area contributed by atoms with E-state index in [9.17, 15) is 9.90 Å². The van der Waals surface area contributed by atoms with Crippen molar-refractivity contribution in [2.24, 2.45) is 5.41 Å². The minimum Gasteiger partial charge on any atom is -0.394 e. The van der Waals surface area contributed by atoms with Crippen molar-refractivity contribution < 1.29 is 14.6 Å². The lowest BCUT2D eigenvalue weighted by Gasteiger charge is -2.33. The molecule has 0 aliphatic carbocycles. The molecule has 0 saturated carbocycles.